The van der Waals surface area contributed by atoms with E-state index in [-0.39, 0.29) is 11.3 Å². The third-order valence-corrected chi connectivity index (χ3v) is 3.58. The summed E-state index contributed by atoms with van der Waals surface area (Å²) in [5, 5.41) is 2.66. The number of nitrogens with two attached hydrogens (primary N) is 1. The van der Waals surface area contributed by atoms with Gasteiger partial charge in [-0.15, -0.1) is 11.3 Å². The van der Waals surface area contributed by atoms with Crippen LogP contribution in [0.25, 0.3) is 0 Å². The van der Waals surface area contributed by atoms with Crippen molar-refractivity contribution in [1.29, 1.82) is 0 Å². The number of para-hydroxylation sites is 1. The van der Waals surface area contributed by atoms with E-state index in [4.69, 9.17) is 17.3 Å². The van der Waals surface area contributed by atoms with Crippen LogP contribution in [-0.2, 0) is 6.54 Å². The Hall–Kier alpha value is -1.59. The molecular weight excluding hydrogens is 275 g/mol. The molecule has 1 aromatic carbocycles. The average Bonchev–Trinajstić information content (AvgIpc) is 2.76. The third kappa shape index (κ3) is 2.80. The Balaban J connectivity index is 2.06. The molecule has 94 valence electrons. The van der Waals surface area contributed by atoms with Crippen LogP contribution in [0.15, 0.2) is 30.3 Å². The molecule has 3 nitrogen and oxygen atoms in total. The molecule has 0 spiro atoms. The fraction of sp³-hybridized carbons (Fsp3) is 0.0833. The molecule has 0 radical (unpaired) electrons. The highest BCUT2D eigenvalue weighted by Gasteiger charge is 2.12. The van der Waals surface area contributed by atoms with E-state index in [1.165, 1.54) is 29.5 Å². The maximum atomic E-state index is 13.2. The summed E-state index contributed by atoms with van der Waals surface area (Å²) >= 11 is 7.15. The molecular formula is C12H10ClFN2OS. The lowest BCUT2D eigenvalue weighted by molar-refractivity contribution is 0.0952. The Morgan fingerprint density at radius 1 is 1.39 bits per heavy atom. The summed E-state index contributed by atoms with van der Waals surface area (Å²) in [5.41, 5.74) is 5.50. The van der Waals surface area contributed by atoms with E-state index in [1.54, 1.807) is 6.07 Å². The fourth-order valence-corrected chi connectivity index (χ4v) is 2.47. The summed E-state index contributed by atoms with van der Waals surface area (Å²) in [7, 11) is 0. The number of anilines is 1. The van der Waals surface area contributed by atoms with Gasteiger partial charge in [-0.05, 0) is 24.3 Å². The van der Waals surface area contributed by atoms with E-state index in [9.17, 15) is 9.18 Å². The van der Waals surface area contributed by atoms with Crippen LogP contribution in [0.4, 0.5) is 10.1 Å². The maximum Gasteiger partial charge on any atom is 0.253 e. The van der Waals surface area contributed by atoms with Crippen LogP contribution in [0.1, 0.15) is 15.2 Å². The molecule has 0 aliphatic carbocycles. The molecule has 2 rings (SSSR count). The number of carbonyl (C=O) groups excluding carboxylic acids is 1. The van der Waals surface area contributed by atoms with Gasteiger partial charge in [0.05, 0.1) is 22.1 Å². The fourth-order valence-electron chi connectivity index (χ4n) is 1.44. The Bertz CT molecular complexity index is 585. The molecule has 0 aliphatic rings. The SMILES string of the molecule is Nc1c(F)cccc1C(=O)NCc1ccc(Cl)s1. The maximum absolute atomic E-state index is 13.2. The van der Waals surface area contributed by atoms with Gasteiger partial charge < -0.3 is 11.1 Å². The summed E-state index contributed by atoms with van der Waals surface area (Å²) in [6.45, 7) is 0.339. The topological polar surface area (TPSA) is 55.1 Å². The van der Waals surface area contributed by atoms with Crippen molar-refractivity contribution in [3.63, 3.8) is 0 Å². The molecule has 0 fully saturated rings. The van der Waals surface area contributed by atoms with Crippen LogP contribution in [0.2, 0.25) is 4.34 Å². The van der Waals surface area contributed by atoms with Gasteiger partial charge in [-0.25, -0.2) is 4.39 Å². The Kier molecular flexibility index (Phi) is 3.84. The van der Waals surface area contributed by atoms with E-state index in [0.717, 1.165) is 4.88 Å². The number of amides is 1. The predicted molar refractivity (Wildman–Crippen MR) is 71.3 cm³/mol. The van der Waals surface area contributed by atoms with Crippen molar-refractivity contribution in [2.75, 3.05) is 5.73 Å². The number of hydrogen-bond donors (Lipinski definition) is 2. The molecule has 1 aromatic heterocycles. The zero-order valence-electron chi connectivity index (χ0n) is 9.24. The molecule has 0 bridgehead atoms. The smallest absolute Gasteiger partial charge is 0.253 e. The molecule has 1 heterocycles. The second-order valence-corrected chi connectivity index (χ2v) is 5.39. The minimum absolute atomic E-state index is 0.137. The molecule has 0 saturated heterocycles. The number of halogens is 2. The summed E-state index contributed by atoms with van der Waals surface area (Å²) in [6.07, 6.45) is 0. The summed E-state index contributed by atoms with van der Waals surface area (Å²) in [6, 6.07) is 7.72. The minimum atomic E-state index is -0.596. The molecule has 18 heavy (non-hydrogen) atoms. The van der Waals surface area contributed by atoms with Gasteiger partial charge in [0, 0.05) is 4.88 Å². The highest BCUT2D eigenvalue weighted by Crippen LogP contribution is 2.21. The number of benzene rings is 1. The standard InChI is InChI=1S/C12H10ClFN2OS/c13-10-5-4-7(18-10)6-16-12(17)8-2-1-3-9(14)11(8)15/h1-5H,6,15H2,(H,16,17). The van der Waals surface area contributed by atoms with Crippen LogP contribution in [0.3, 0.4) is 0 Å². The zero-order valence-corrected chi connectivity index (χ0v) is 10.8. The van der Waals surface area contributed by atoms with Crippen molar-refractivity contribution < 1.29 is 9.18 Å². The molecule has 0 unspecified atom stereocenters. The summed E-state index contributed by atoms with van der Waals surface area (Å²) < 4.78 is 13.8. The molecule has 0 aliphatic heterocycles. The van der Waals surface area contributed by atoms with Crippen molar-refractivity contribution in [1.82, 2.24) is 5.32 Å². The number of thiophene rings is 1. The van der Waals surface area contributed by atoms with E-state index in [0.29, 0.717) is 10.9 Å². The molecule has 0 atom stereocenters. The lowest BCUT2D eigenvalue weighted by Crippen LogP contribution is -2.23. The highest BCUT2D eigenvalue weighted by atomic mass is 35.5. The number of rotatable bonds is 3. The van der Waals surface area contributed by atoms with Gasteiger partial charge in [0.2, 0.25) is 0 Å². The third-order valence-electron chi connectivity index (χ3n) is 2.35. The van der Waals surface area contributed by atoms with Gasteiger partial charge in [0.15, 0.2) is 0 Å². The van der Waals surface area contributed by atoms with Gasteiger partial charge in [-0.3, -0.25) is 4.79 Å². The van der Waals surface area contributed by atoms with Crippen molar-refractivity contribution in [3.8, 4) is 0 Å². The van der Waals surface area contributed by atoms with Gasteiger partial charge in [0.25, 0.3) is 5.91 Å². The first-order chi connectivity index (χ1) is 8.58. The van der Waals surface area contributed by atoms with Gasteiger partial charge in [-0.2, -0.15) is 0 Å². The Morgan fingerprint density at radius 2 is 2.17 bits per heavy atom. The monoisotopic (exact) mass is 284 g/mol. The molecule has 1 amide bonds. The van der Waals surface area contributed by atoms with Crippen LogP contribution < -0.4 is 11.1 Å². The van der Waals surface area contributed by atoms with E-state index < -0.39 is 11.7 Å². The zero-order chi connectivity index (χ0) is 13.1. The van der Waals surface area contributed by atoms with Crippen LogP contribution in [0.5, 0.6) is 0 Å². The second-order valence-electron chi connectivity index (χ2n) is 3.59. The van der Waals surface area contributed by atoms with Gasteiger partial charge in [0.1, 0.15) is 5.82 Å². The average molecular weight is 285 g/mol. The molecule has 2 aromatic rings. The number of hydrogen-bond acceptors (Lipinski definition) is 3. The van der Waals surface area contributed by atoms with Crippen molar-refractivity contribution >= 4 is 34.5 Å². The van der Waals surface area contributed by atoms with Crippen molar-refractivity contribution in [3.05, 3.63) is 50.9 Å². The van der Waals surface area contributed by atoms with Crippen LogP contribution in [-0.4, -0.2) is 5.91 Å². The normalized spacial score (nSPS) is 10.3. The number of carbonyl (C=O) groups is 1. The van der Waals surface area contributed by atoms with Gasteiger partial charge >= 0.3 is 0 Å². The van der Waals surface area contributed by atoms with E-state index in [1.807, 2.05) is 6.07 Å². The first kappa shape index (κ1) is 12.9. The number of nitrogens with one attached hydrogen (secondary N) is 1. The molecule has 0 saturated carbocycles. The lowest BCUT2D eigenvalue weighted by atomic mass is 10.1. The molecule has 6 heteroatoms. The Labute approximate surface area is 112 Å². The first-order valence-corrected chi connectivity index (χ1v) is 6.34. The Morgan fingerprint density at radius 3 is 2.83 bits per heavy atom. The number of nitrogen functional groups attached to an aromatic ring is 1. The largest absolute Gasteiger partial charge is 0.396 e. The van der Waals surface area contributed by atoms with E-state index >= 15 is 0 Å². The van der Waals surface area contributed by atoms with Crippen LogP contribution >= 0.6 is 22.9 Å². The van der Waals surface area contributed by atoms with Gasteiger partial charge in [-0.1, -0.05) is 17.7 Å². The second kappa shape index (κ2) is 5.37. The lowest BCUT2D eigenvalue weighted by Gasteiger charge is -2.06. The summed E-state index contributed by atoms with van der Waals surface area (Å²) in [4.78, 5) is 12.7. The minimum Gasteiger partial charge on any atom is -0.396 e. The van der Waals surface area contributed by atoms with Crippen LogP contribution in [0, 0.1) is 5.82 Å². The van der Waals surface area contributed by atoms with Crippen molar-refractivity contribution in [2.45, 2.75) is 6.54 Å². The van der Waals surface area contributed by atoms with E-state index in [2.05, 4.69) is 5.32 Å². The highest BCUT2D eigenvalue weighted by molar-refractivity contribution is 7.16. The van der Waals surface area contributed by atoms with Crippen molar-refractivity contribution in [2.24, 2.45) is 0 Å². The predicted octanol–water partition coefficient (Wildman–Crippen LogP) is 3.05. The summed E-state index contributed by atoms with van der Waals surface area (Å²) in [5.74, 6) is -1.00. The molecule has 3 N–H and O–H groups in total. The first-order valence-electron chi connectivity index (χ1n) is 5.14. The quantitative estimate of drug-likeness (QED) is 0.851.